The molecule has 0 heterocycles. The average Bonchev–Trinajstić information content (AvgIpc) is 2.66. The van der Waals surface area contributed by atoms with Crippen LogP contribution in [-0.4, -0.2) is 36.6 Å². The number of halogens is 3. The topological polar surface area (TPSA) is 58.6 Å². The summed E-state index contributed by atoms with van der Waals surface area (Å²) in [4.78, 5) is 25.6. The molecule has 0 unspecified atom stereocenters. The maximum absolute atomic E-state index is 13.1. The van der Waals surface area contributed by atoms with Crippen LogP contribution in [0.4, 0.5) is 9.18 Å². The Balaban J connectivity index is 2.06. The molecule has 0 saturated carbocycles. The third-order valence-electron chi connectivity index (χ3n) is 3.93. The number of carbonyl (C=O) groups is 2. The van der Waals surface area contributed by atoms with Gasteiger partial charge in [0.25, 0.3) is 0 Å². The third-order valence-corrected chi connectivity index (χ3v) is 4.52. The SMILES string of the molecule is CCOC(=O)CNC(=O)N(CCc1ccc(Cl)cc1Cl)Cc1ccc(F)cc1. The molecule has 0 bridgehead atoms. The number of ether oxygens (including phenoxy) is 1. The average molecular weight is 427 g/mol. The van der Waals surface area contributed by atoms with Gasteiger partial charge in [0.2, 0.25) is 0 Å². The zero-order valence-corrected chi connectivity index (χ0v) is 16.9. The minimum absolute atomic E-state index is 0.228. The molecular formula is C20H21Cl2FN2O3. The summed E-state index contributed by atoms with van der Waals surface area (Å²) in [6.45, 7) is 2.29. The molecule has 0 fully saturated rings. The summed E-state index contributed by atoms with van der Waals surface area (Å²) in [7, 11) is 0. The van der Waals surface area contributed by atoms with Gasteiger partial charge in [0.05, 0.1) is 6.61 Å². The lowest BCUT2D eigenvalue weighted by molar-refractivity contribution is -0.141. The van der Waals surface area contributed by atoms with Crippen molar-refractivity contribution in [3.8, 4) is 0 Å². The molecule has 0 radical (unpaired) electrons. The number of hydrogen-bond donors (Lipinski definition) is 1. The molecule has 0 aliphatic carbocycles. The summed E-state index contributed by atoms with van der Waals surface area (Å²) in [5.74, 6) is -0.867. The van der Waals surface area contributed by atoms with E-state index in [2.05, 4.69) is 5.32 Å². The van der Waals surface area contributed by atoms with Crippen molar-refractivity contribution in [3.63, 3.8) is 0 Å². The molecule has 2 rings (SSSR count). The Bertz CT molecular complexity index is 816. The molecular weight excluding hydrogens is 406 g/mol. The van der Waals surface area contributed by atoms with E-state index >= 15 is 0 Å². The molecule has 0 atom stereocenters. The Kier molecular flexibility index (Phi) is 8.54. The van der Waals surface area contributed by atoms with Crippen molar-refractivity contribution in [2.45, 2.75) is 19.9 Å². The van der Waals surface area contributed by atoms with E-state index in [1.165, 1.54) is 17.0 Å². The van der Waals surface area contributed by atoms with Gasteiger partial charge in [-0.2, -0.15) is 0 Å². The van der Waals surface area contributed by atoms with Crippen molar-refractivity contribution in [3.05, 3.63) is 69.5 Å². The Labute approximate surface area is 173 Å². The molecule has 0 saturated heterocycles. The highest BCUT2D eigenvalue weighted by Gasteiger charge is 2.16. The van der Waals surface area contributed by atoms with Gasteiger partial charge in [-0.25, -0.2) is 9.18 Å². The van der Waals surface area contributed by atoms with Crippen molar-refractivity contribution >= 4 is 35.2 Å². The number of esters is 1. The molecule has 5 nitrogen and oxygen atoms in total. The highest BCUT2D eigenvalue weighted by molar-refractivity contribution is 6.35. The van der Waals surface area contributed by atoms with E-state index < -0.39 is 12.0 Å². The van der Waals surface area contributed by atoms with Crippen molar-refractivity contribution < 1.29 is 18.7 Å². The molecule has 8 heteroatoms. The van der Waals surface area contributed by atoms with Gasteiger partial charge < -0.3 is 15.0 Å². The lowest BCUT2D eigenvalue weighted by atomic mass is 10.1. The number of hydrogen-bond acceptors (Lipinski definition) is 3. The van der Waals surface area contributed by atoms with Crippen LogP contribution in [-0.2, 0) is 22.5 Å². The van der Waals surface area contributed by atoms with Gasteiger partial charge in [0, 0.05) is 23.1 Å². The van der Waals surface area contributed by atoms with Crippen LogP contribution >= 0.6 is 23.2 Å². The second-order valence-electron chi connectivity index (χ2n) is 6.00. The van der Waals surface area contributed by atoms with Gasteiger partial charge in [0.15, 0.2) is 0 Å². The summed E-state index contributed by atoms with van der Waals surface area (Å²) in [6, 6.07) is 10.6. The predicted octanol–water partition coefficient (Wildman–Crippen LogP) is 4.45. The van der Waals surface area contributed by atoms with Gasteiger partial charge in [-0.3, -0.25) is 4.79 Å². The minimum Gasteiger partial charge on any atom is -0.465 e. The number of carbonyl (C=O) groups excluding carboxylic acids is 2. The van der Waals surface area contributed by atoms with E-state index in [-0.39, 0.29) is 25.5 Å². The molecule has 2 aromatic carbocycles. The van der Waals surface area contributed by atoms with E-state index in [0.29, 0.717) is 23.0 Å². The molecule has 0 aliphatic heterocycles. The fourth-order valence-electron chi connectivity index (χ4n) is 2.51. The molecule has 150 valence electrons. The Morgan fingerprint density at radius 1 is 1.14 bits per heavy atom. The van der Waals surface area contributed by atoms with Crippen LogP contribution in [0.5, 0.6) is 0 Å². The highest BCUT2D eigenvalue weighted by atomic mass is 35.5. The van der Waals surface area contributed by atoms with Crippen molar-refractivity contribution in [2.75, 3.05) is 19.7 Å². The molecule has 2 amide bonds. The van der Waals surface area contributed by atoms with Gasteiger partial charge in [0.1, 0.15) is 12.4 Å². The van der Waals surface area contributed by atoms with Gasteiger partial charge in [-0.1, -0.05) is 41.4 Å². The van der Waals surface area contributed by atoms with E-state index in [1.807, 2.05) is 0 Å². The van der Waals surface area contributed by atoms with Crippen LogP contribution in [0.3, 0.4) is 0 Å². The summed E-state index contributed by atoms with van der Waals surface area (Å²) >= 11 is 12.1. The zero-order chi connectivity index (χ0) is 20.5. The second-order valence-corrected chi connectivity index (χ2v) is 6.84. The summed E-state index contributed by atoms with van der Waals surface area (Å²) in [6.07, 6.45) is 0.490. The van der Waals surface area contributed by atoms with Crippen LogP contribution in [0.1, 0.15) is 18.1 Å². The minimum atomic E-state index is -0.515. The molecule has 0 aliphatic rings. The molecule has 0 spiro atoms. The number of rotatable bonds is 8. The number of nitrogens with zero attached hydrogens (tertiary/aromatic N) is 1. The lowest BCUT2D eigenvalue weighted by Crippen LogP contribution is -2.43. The first-order valence-electron chi connectivity index (χ1n) is 8.75. The monoisotopic (exact) mass is 426 g/mol. The Morgan fingerprint density at radius 3 is 2.50 bits per heavy atom. The first kappa shape index (κ1) is 22.0. The summed E-state index contributed by atoms with van der Waals surface area (Å²) < 4.78 is 18.0. The number of nitrogens with one attached hydrogen (secondary N) is 1. The standard InChI is InChI=1S/C20H21Cl2FN2O3/c1-2-28-19(26)12-24-20(27)25(13-14-3-7-17(23)8-4-14)10-9-15-5-6-16(21)11-18(15)22/h3-8,11H,2,9-10,12-13H2,1H3,(H,24,27). The number of amides is 2. The lowest BCUT2D eigenvalue weighted by Gasteiger charge is -2.23. The van der Waals surface area contributed by atoms with Crippen LogP contribution in [0.2, 0.25) is 10.0 Å². The maximum Gasteiger partial charge on any atom is 0.325 e. The smallest absolute Gasteiger partial charge is 0.325 e. The van der Waals surface area contributed by atoms with E-state index in [4.69, 9.17) is 27.9 Å². The van der Waals surface area contributed by atoms with Crippen LogP contribution in [0, 0.1) is 5.82 Å². The number of benzene rings is 2. The van der Waals surface area contributed by atoms with Crippen molar-refractivity contribution in [1.82, 2.24) is 10.2 Å². The van der Waals surface area contributed by atoms with Crippen LogP contribution < -0.4 is 5.32 Å². The van der Waals surface area contributed by atoms with E-state index in [9.17, 15) is 14.0 Å². The summed E-state index contributed by atoms with van der Waals surface area (Å²) in [5, 5.41) is 3.59. The largest absolute Gasteiger partial charge is 0.465 e. The fraction of sp³-hybridized carbons (Fsp3) is 0.300. The van der Waals surface area contributed by atoms with Gasteiger partial charge in [-0.15, -0.1) is 0 Å². The molecule has 2 aromatic rings. The Hall–Kier alpha value is -2.31. The molecule has 0 aromatic heterocycles. The highest BCUT2D eigenvalue weighted by Crippen LogP contribution is 2.21. The zero-order valence-electron chi connectivity index (χ0n) is 15.4. The third kappa shape index (κ3) is 7.02. The van der Waals surface area contributed by atoms with Crippen LogP contribution in [0.15, 0.2) is 42.5 Å². The van der Waals surface area contributed by atoms with Gasteiger partial charge >= 0.3 is 12.0 Å². The van der Waals surface area contributed by atoms with Crippen molar-refractivity contribution in [2.24, 2.45) is 0 Å². The first-order valence-corrected chi connectivity index (χ1v) is 9.51. The van der Waals surface area contributed by atoms with Gasteiger partial charge in [-0.05, 0) is 48.7 Å². The van der Waals surface area contributed by atoms with Crippen molar-refractivity contribution in [1.29, 1.82) is 0 Å². The summed E-state index contributed by atoms with van der Waals surface area (Å²) in [5.41, 5.74) is 1.60. The Morgan fingerprint density at radius 2 is 1.86 bits per heavy atom. The normalized spacial score (nSPS) is 10.4. The second kappa shape index (κ2) is 10.9. The fourth-order valence-corrected chi connectivity index (χ4v) is 3.02. The predicted molar refractivity (Wildman–Crippen MR) is 107 cm³/mol. The first-order chi connectivity index (χ1) is 13.4. The van der Waals surface area contributed by atoms with E-state index in [1.54, 1.807) is 37.3 Å². The van der Waals surface area contributed by atoms with Crippen LogP contribution in [0.25, 0.3) is 0 Å². The quantitative estimate of drug-likeness (QED) is 0.634. The van der Waals surface area contributed by atoms with E-state index in [0.717, 1.165) is 11.1 Å². The molecule has 1 N–H and O–H groups in total. The maximum atomic E-state index is 13.1. The number of urea groups is 1. The molecule has 28 heavy (non-hydrogen) atoms.